The summed E-state index contributed by atoms with van der Waals surface area (Å²) in [7, 11) is -3.59. The molecule has 0 aliphatic rings. The van der Waals surface area contributed by atoms with E-state index in [1.165, 1.54) is 11.5 Å². The van der Waals surface area contributed by atoms with Crippen molar-refractivity contribution in [3.05, 3.63) is 53.7 Å². The molecule has 0 radical (unpaired) electrons. The molecule has 0 fully saturated rings. The summed E-state index contributed by atoms with van der Waals surface area (Å²) < 4.78 is 32.8. The van der Waals surface area contributed by atoms with Crippen LogP contribution in [0.4, 0.5) is 5.69 Å². The van der Waals surface area contributed by atoms with Gasteiger partial charge in [0.1, 0.15) is 0 Å². The number of hydrogen-bond donors (Lipinski definition) is 1. The van der Waals surface area contributed by atoms with Crippen molar-refractivity contribution in [2.45, 2.75) is 18.7 Å². The van der Waals surface area contributed by atoms with Crippen LogP contribution in [0.5, 0.6) is 0 Å². The Morgan fingerprint density at radius 2 is 1.90 bits per heavy atom. The maximum absolute atomic E-state index is 12.5. The van der Waals surface area contributed by atoms with Gasteiger partial charge in [-0.25, -0.2) is 8.42 Å². The first-order valence-corrected chi connectivity index (χ1v) is 8.66. The van der Waals surface area contributed by atoms with Crippen LogP contribution in [-0.4, -0.2) is 12.8 Å². The maximum atomic E-state index is 12.5. The van der Waals surface area contributed by atoms with E-state index in [0.717, 1.165) is 21.2 Å². The van der Waals surface area contributed by atoms with Crippen molar-refractivity contribution in [2.75, 3.05) is 4.72 Å². The standard InChI is InChI=1S/C15H14N2O2S2/c1-10-3-4-11(2)15(7-10)21(18,19)17-13-5-6-14-12(8-13)9-16-20-14/h3-9,17H,1-2H3. The quantitative estimate of drug-likeness (QED) is 0.801. The van der Waals surface area contributed by atoms with Gasteiger partial charge in [0, 0.05) is 17.3 Å². The molecule has 108 valence electrons. The highest BCUT2D eigenvalue weighted by Crippen LogP contribution is 2.25. The van der Waals surface area contributed by atoms with Crippen molar-refractivity contribution >= 4 is 37.3 Å². The normalized spacial score (nSPS) is 11.7. The van der Waals surface area contributed by atoms with Crippen molar-refractivity contribution in [1.29, 1.82) is 0 Å². The van der Waals surface area contributed by atoms with E-state index >= 15 is 0 Å². The number of anilines is 1. The number of aromatic nitrogens is 1. The van der Waals surface area contributed by atoms with Gasteiger partial charge in [0.25, 0.3) is 10.0 Å². The van der Waals surface area contributed by atoms with E-state index in [-0.39, 0.29) is 0 Å². The zero-order chi connectivity index (χ0) is 15.0. The molecule has 0 spiro atoms. The number of rotatable bonds is 3. The lowest BCUT2D eigenvalue weighted by Gasteiger charge is -2.11. The second-order valence-corrected chi connectivity index (χ2v) is 7.44. The average Bonchev–Trinajstić information content (AvgIpc) is 2.88. The third-order valence-corrected chi connectivity index (χ3v) is 5.54. The zero-order valence-corrected chi connectivity index (χ0v) is 13.3. The van der Waals surface area contributed by atoms with E-state index in [2.05, 4.69) is 9.10 Å². The Bertz CT molecular complexity index is 914. The van der Waals surface area contributed by atoms with E-state index in [9.17, 15) is 8.42 Å². The van der Waals surface area contributed by atoms with Crippen molar-refractivity contribution < 1.29 is 8.42 Å². The first-order valence-electron chi connectivity index (χ1n) is 6.40. The summed E-state index contributed by atoms with van der Waals surface area (Å²) >= 11 is 1.39. The number of nitrogens with zero attached hydrogens (tertiary/aromatic N) is 1. The predicted molar refractivity (Wildman–Crippen MR) is 86.3 cm³/mol. The summed E-state index contributed by atoms with van der Waals surface area (Å²) in [4.78, 5) is 0.311. The highest BCUT2D eigenvalue weighted by molar-refractivity contribution is 7.92. The average molecular weight is 318 g/mol. The Morgan fingerprint density at radius 1 is 1.10 bits per heavy atom. The van der Waals surface area contributed by atoms with E-state index in [0.29, 0.717) is 10.6 Å². The predicted octanol–water partition coefficient (Wildman–Crippen LogP) is 3.71. The fourth-order valence-electron chi connectivity index (χ4n) is 2.14. The van der Waals surface area contributed by atoms with E-state index in [1.54, 1.807) is 31.3 Å². The molecular weight excluding hydrogens is 304 g/mol. The molecule has 0 atom stereocenters. The summed E-state index contributed by atoms with van der Waals surface area (Å²) in [6.45, 7) is 3.67. The number of aryl methyl sites for hydroxylation is 2. The highest BCUT2D eigenvalue weighted by atomic mass is 32.2. The summed E-state index contributed by atoms with van der Waals surface area (Å²) in [6, 6.07) is 10.8. The molecule has 4 nitrogen and oxygen atoms in total. The van der Waals surface area contributed by atoms with Gasteiger partial charge in [-0.1, -0.05) is 12.1 Å². The van der Waals surface area contributed by atoms with Gasteiger partial charge in [-0.3, -0.25) is 4.72 Å². The molecule has 0 bridgehead atoms. The number of nitrogens with one attached hydrogen (secondary N) is 1. The van der Waals surface area contributed by atoms with Crippen LogP contribution in [0.2, 0.25) is 0 Å². The van der Waals surface area contributed by atoms with Gasteiger partial charge in [-0.05, 0) is 60.8 Å². The van der Waals surface area contributed by atoms with Crippen LogP contribution >= 0.6 is 11.5 Å². The molecule has 0 unspecified atom stereocenters. The maximum Gasteiger partial charge on any atom is 0.262 e. The van der Waals surface area contributed by atoms with Crippen LogP contribution in [0.1, 0.15) is 11.1 Å². The Balaban J connectivity index is 2.00. The Morgan fingerprint density at radius 3 is 2.71 bits per heavy atom. The van der Waals surface area contributed by atoms with Gasteiger partial charge in [0.2, 0.25) is 0 Å². The van der Waals surface area contributed by atoms with Gasteiger partial charge < -0.3 is 0 Å². The third kappa shape index (κ3) is 2.77. The third-order valence-electron chi connectivity index (χ3n) is 3.24. The fraction of sp³-hybridized carbons (Fsp3) is 0.133. The molecular formula is C15H14N2O2S2. The Hall–Kier alpha value is -1.92. The van der Waals surface area contributed by atoms with Crippen LogP contribution < -0.4 is 4.72 Å². The summed E-state index contributed by atoms with van der Waals surface area (Å²) in [5.41, 5.74) is 2.19. The van der Waals surface area contributed by atoms with Crippen molar-refractivity contribution in [3.8, 4) is 0 Å². The first kappa shape index (κ1) is 14.0. The van der Waals surface area contributed by atoms with Gasteiger partial charge in [0.05, 0.1) is 9.60 Å². The minimum absolute atomic E-state index is 0.311. The molecule has 6 heteroatoms. The van der Waals surface area contributed by atoms with Crippen molar-refractivity contribution in [1.82, 2.24) is 4.37 Å². The molecule has 2 aromatic carbocycles. The van der Waals surface area contributed by atoms with E-state index in [1.807, 2.05) is 25.1 Å². The van der Waals surface area contributed by atoms with Crippen LogP contribution in [-0.2, 0) is 10.0 Å². The van der Waals surface area contributed by atoms with E-state index in [4.69, 9.17) is 0 Å². The number of hydrogen-bond acceptors (Lipinski definition) is 4. The summed E-state index contributed by atoms with van der Waals surface area (Å²) in [6.07, 6.45) is 1.73. The molecule has 0 amide bonds. The van der Waals surface area contributed by atoms with Crippen molar-refractivity contribution in [3.63, 3.8) is 0 Å². The van der Waals surface area contributed by atoms with Crippen LogP contribution in [0.25, 0.3) is 10.1 Å². The molecule has 1 heterocycles. The molecule has 0 saturated carbocycles. The molecule has 0 aliphatic carbocycles. The molecule has 0 aliphatic heterocycles. The lowest BCUT2D eigenvalue weighted by Crippen LogP contribution is -2.14. The largest absolute Gasteiger partial charge is 0.280 e. The van der Waals surface area contributed by atoms with Gasteiger partial charge in [0.15, 0.2) is 0 Å². The molecule has 3 rings (SSSR count). The van der Waals surface area contributed by atoms with E-state index < -0.39 is 10.0 Å². The summed E-state index contributed by atoms with van der Waals surface area (Å²) in [5.74, 6) is 0. The molecule has 3 aromatic rings. The zero-order valence-electron chi connectivity index (χ0n) is 11.6. The minimum atomic E-state index is -3.59. The molecule has 0 saturated heterocycles. The number of sulfonamides is 1. The number of benzene rings is 2. The molecule has 21 heavy (non-hydrogen) atoms. The second-order valence-electron chi connectivity index (χ2n) is 4.95. The van der Waals surface area contributed by atoms with Gasteiger partial charge >= 0.3 is 0 Å². The fourth-order valence-corrected chi connectivity index (χ4v) is 4.15. The molecule has 1 N–H and O–H groups in total. The van der Waals surface area contributed by atoms with Gasteiger partial charge in [-0.2, -0.15) is 4.37 Å². The highest BCUT2D eigenvalue weighted by Gasteiger charge is 2.17. The number of fused-ring (bicyclic) bond motifs is 1. The lowest BCUT2D eigenvalue weighted by atomic mass is 10.2. The summed E-state index contributed by atoms with van der Waals surface area (Å²) in [5, 5.41) is 0.932. The van der Waals surface area contributed by atoms with Crippen molar-refractivity contribution in [2.24, 2.45) is 0 Å². The van der Waals surface area contributed by atoms with Crippen LogP contribution in [0.15, 0.2) is 47.5 Å². The van der Waals surface area contributed by atoms with Gasteiger partial charge in [-0.15, -0.1) is 0 Å². The van der Waals surface area contributed by atoms with Crippen LogP contribution in [0.3, 0.4) is 0 Å². The van der Waals surface area contributed by atoms with Crippen LogP contribution in [0, 0.1) is 13.8 Å². The smallest absolute Gasteiger partial charge is 0.262 e. The SMILES string of the molecule is Cc1ccc(C)c(S(=O)(=O)Nc2ccc3sncc3c2)c1. The monoisotopic (exact) mass is 318 g/mol. The molecule has 1 aromatic heterocycles. The minimum Gasteiger partial charge on any atom is -0.280 e. The Kier molecular flexibility index (Phi) is 3.43. The topological polar surface area (TPSA) is 59.1 Å². The Labute approximate surface area is 127 Å². The first-order chi connectivity index (χ1) is 9.95. The lowest BCUT2D eigenvalue weighted by molar-refractivity contribution is 0.600. The second kappa shape index (κ2) is 5.13.